The van der Waals surface area contributed by atoms with Gasteiger partial charge in [-0.2, -0.15) is 0 Å². The first-order valence-corrected chi connectivity index (χ1v) is 7.19. The maximum absolute atomic E-state index is 11.7. The average Bonchev–Trinajstić information content (AvgIpc) is 2.44. The highest BCUT2D eigenvalue weighted by atomic mass is 16.6. The van der Waals surface area contributed by atoms with Crippen molar-refractivity contribution in [2.45, 2.75) is 33.3 Å². The molecule has 1 amide bonds. The molecule has 24 heavy (non-hydrogen) atoms. The molecule has 0 aliphatic heterocycles. The van der Waals surface area contributed by atoms with Gasteiger partial charge in [0.1, 0.15) is 17.0 Å². The van der Waals surface area contributed by atoms with E-state index in [1.807, 2.05) is 0 Å². The maximum Gasteiger partial charge on any atom is 0.412 e. The molecular formula is C15H20N2O7. The molecular weight excluding hydrogens is 320 g/mol. The monoisotopic (exact) mass is 340 g/mol. The first-order valence-electron chi connectivity index (χ1n) is 7.19. The number of anilines is 1. The van der Waals surface area contributed by atoms with Gasteiger partial charge in [0.25, 0.3) is 5.69 Å². The number of amides is 1. The van der Waals surface area contributed by atoms with Gasteiger partial charge in [-0.25, -0.2) is 9.59 Å². The predicted molar refractivity (Wildman–Crippen MR) is 85.1 cm³/mol. The Morgan fingerprint density at radius 1 is 1.29 bits per heavy atom. The normalized spacial score (nSPS) is 10.7. The summed E-state index contributed by atoms with van der Waals surface area (Å²) in [4.78, 5) is 33.4. The highest BCUT2D eigenvalue weighted by Crippen LogP contribution is 2.29. The smallest absolute Gasteiger partial charge is 0.412 e. The van der Waals surface area contributed by atoms with Crippen LogP contribution in [0.4, 0.5) is 16.2 Å². The van der Waals surface area contributed by atoms with E-state index in [4.69, 9.17) is 14.2 Å². The number of esters is 1. The van der Waals surface area contributed by atoms with Crippen LogP contribution in [-0.2, 0) is 14.3 Å². The zero-order valence-electron chi connectivity index (χ0n) is 14.0. The van der Waals surface area contributed by atoms with Gasteiger partial charge in [-0.1, -0.05) is 0 Å². The van der Waals surface area contributed by atoms with Crippen molar-refractivity contribution in [1.82, 2.24) is 0 Å². The molecule has 0 aliphatic carbocycles. The second-order valence-electron chi connectivity index (χ2n) is 5.66. The fourth-order valence-corrected chi connectivity index (χ4v) is 1.62. The predicted octanol–water partition coefficient (Wildman–Crippen LogP) is 2.88. The minimum absolute atomic E-state index is 0.0438. The lowest BCUT2D eigenvalue weighted by molar-refractivity contribution is -0.384. The second-order valence-corrected chi connectivity index (χ2v) is 5.66. The van der Waals surface area contributed by atoms with Crippen LogP contribution in [0.3, 0.4) is 0 Å². The largest absolute Gasteiger partial charge is 0.482 e. The molecule has 0 saturated carbocycles. The SMILES string of the molecule is CCOC(=O)COc1ccc(NC(=O)OC(C)(C)C)c([N+](=O)[O-])c1. The van der Waals surface area contributed by atoms with Gasteiger partial charge >= 0.3 is 12.1 Å². The lowest BCUT2D eigenvalue weighted by Gasteiger charge is -2.19. The standard InChI is InChI=1S/C15H20N2O7/c1-5-22-13(18)9-23-10-6-7-11(12(8-10)17(20)21)16-14(19)24-15(2,3)4/h6-8H,5,9H2,1-4H3,(H,16,19). The van der Waals surface area contributed by atoms with Crippen molar-refractivity contribution in [2.24, 2.45) is 0 Å². The summed E-state index contributed by atoms with van der Waals surface area (Å²) in [5, 5.41) is 13.5. The van der Waals surface area contributed by atoms with Crippen LogP contribution in [-0.4, -0.2) is 35.8 Å². The van der Waals surface area contributed by atoms with E-state index in [1.165, 1.54) is 12.1 Å². The number of nitrogens with zero attached hydrogens (tertiary/aromatic N) is 1. The fourth-order valence-electron chi connectivity index (χ4n) is 1.62. The third-order valence-electron chi connectivity index (χ3n) is 2.46. The Morgan fingerprint density at radius 3 is 2.50 bits per heavy atom. The fraction of sp³-hybridized carbons (Fsp3) is 0.467. The Kier molecular flexibility index (Phi) is 6.51. The van der Waals surface area contributed by atoms with Crippen LogP contribution in [0.15, 0.2) is 18.2 Å². The number of benzene rings is 1. The number of nitrogens with one attached hydrogen (secondary N) is 1. The van der Waals surface area contributed by atoms with E-state index in [2.05, 4.69) is 5.32 Å². The topological polar surface area (TPSA) is 117 Å². The van der Waals surface area contributed by atoms with Crippen molar-refractivity contribution in [1.29, 1.82) is 0 Å². The van der Waals surface area contributed by atoms with Gasteiger partial charge in [-0.15, -0.1) is 0 Å². The Hall–Kier alpha value is -2.84. The van der Waals surface area contributed by atoms with E-state index in [0.29, 0.717) is 0 Å². The first-order chi connectivity index (χ1) is 11.1. The molecule has 1 N–H and O–H groups in total. The van der Waals surface area contributed by atoms with Gasteiger partial charge < -0.3 is 14.2 Å². The number of rotatable bonds is 6. The van der Waals surface area contributed by atoms with E-state index < -0.39 is 22.6 Å². The summed E-state index contributed by atoms with van der Waals surface area (Å²) in [6, 6.07) is 3.79. The minimum Gasteiger partial charge on any atom is -0.482 e. The van der Waals surface area contributed by atoms with Crippen LogP contribution in [0.25, 0.3) is 0 Å². The molecule has 0 bridgehead atoms. The number of carbonyl (C=O) groups is 2. The molecule has 9 heteroatoms. The summed E-state index contributed by atoms with van der Waals surface area (Å²) in [5.41, 5.74) is -1.17. The lowest BCUT2D eigenvalue weighted by Crippen LogP contribution is -2.27. The van der Waals surface area contributed by atoms with Gasteiger partial charge in [0.2, 0.25) is 0 Å². The zero-order chi connectivity index (χ0) is 18.3. The Bertz CT molecular complexity index is 623. The molecule has 9 nitrogen and oxygen atoms in total. The highest BCUT2D eigenvalue weighted by molar-refractivity contribution is 5.88. The van der Waals surface area contributed by atoms with Crippen molar-refractivity contribution in [3.8, 4) is 5.75 Å². The highest BCUT2D eigenvalue weighted by Gasteiger charge is 2.21. The van der Waals surface area contributed by atoms with Gasteiger partial charge in [-0.3, -0.25) is 15.4 Å². The van der Waals surface area contributed by atoms with E-state index in [1.54, 1.807) is 27.7 Å². The number of ether oxygens (including phenoxy) is 3. The van der Waals surface area contributed by atoms with Crippen LogP contribution in [0, 0.1) is 10.1 Å². The summed E-state index contributed by atoms with van der Waals surface area (Å²) in [6.45, 7) is 6.51. The second kappa shape index (κ2) is 8.14. The van der Waals surface area contributed by atoms with E-state index in [-0.39, 0.29) is 30.3 Å². The summed E-state index contributed by atoms with van der Waals surface area (Å²) >= 11 is 0. The number of hydrogen-bond acceptors (Lipinski definition) is 7. The lowest BCUT2D eigenvalue weighted by atomic mass is 10.2. The summed E-state index contributed by atoms with van der Waals surface area (Å²) in [6.07, 6.45) is -0.814. The minimum atomic E-state index is -0.814. The Balaban J connectivity index is 2.86. The number of hydrogen-bond donors (Lipinski definition) is 1. The number of nitro benzene ring substituents is 1. The van der Waals surface area contributed by atoms with E-state index in [9.17, 15) is 19.7 Å². The van der Waals surface area contributed by atoms with Crippen molar-refractivity contribution < 1.29 is 28.7 Å². The molecule has 0 saturated heterocycles. The van der Waals surface area contributed by atoms with Crippen molar-refractivity contribution in [3.63, 3.8) is 0 Å². The zero-order valence-corrected chi connectivity index (χ0v) is 14.0. The van der Waals surface area contributed by atoms with Crippen molar-refractivity contribution in [2.75, 3.05) is 18.5 Å². The van der Waals surface area contributed by atoms with Gasteiger partial charge in [0.15, 0.2) is 6.61 Å². The summed E-state index contributed by atoms with van der Waals surface area (Å²) in [5.74, 6) is -0.486. The summed E-state index contributed by atoms with van der Waals surface area (Å²) in [7, 11) is 0. The van der Waals surface area contributed by atoms with E-state index in [0.717, 1.165) is 6.07 Å². The van der Waals surface area contributed by atoms with Crippen molar-refractivity contribution >= 4 is 23.4 Å². The third-order valence-corrected chi connectivity index (χ3v) is 2.46. The molecule has 0 aromatic heterocycles. The van der Waals surface area contributed by atoms with E-state index >= 15 is 0 Å². The third kappa shape index (κ3) is 6.51. The molecule has 1 aromatic rings. The molecule has 0 fully saturated rings. The first kappa shape index (κ1) is 19.2. The van der Waals surface area contributed by atoms with Crippen LogP contribution in [0.1, 0.15) is 27.7 Å². The molecule has 0 aliphatic rings. The van der Waals surface area contributed by atoms with Gasteiger partial charge in [0.05, 0.1) is 17.6 Å². The number of nitro groups is 1. The molecule has 1 aromatic carbocycles. The van der Waals surface area contributed by atoms with Crippen LogP contribution < -0.4 is 10.1 Å². The van der Waals surface area contributed by atoms with Crippen LogP contribution >= 0.6 is 0 Å². The van der Waals surface area contributed by atoms with Crippen LogP contribution in [0.2, 0.25) is 0 Å². The molecule has 0 unspecified atom stereocenters. The van der Waals surface area contributed by atoms with Gasteiger partial charge in [0, 0.05) is 0 Å². The quantitative estimate of drug-likeness (QED) is 0.480. The molecule has 0 radical (unpaired) electrons. The van der Waals surface area contributed by atoms with Crippen molar-refractivity contribution in [3.05, 3.63) is 28.3 Å². The number of carbonyl (C=O) groups excluding carboxylic acids is 2. The molecule has 0 spiro atoms. The molecule has 1 rings (SSSR count). The van der Waals surface area contributed by atoms with Gasteiger partial charge in [-0.05, 0) is 39.8 Å². The maximum atomic E-state index is 11.7. The Labute approximate surface area is 139 Å². The average molecular weight is 340 g/mol. The van der Waals surface area contributed by atoms with Crippen LogP contribution in [0.5, 0.6) is 5.75 Å². The molecule has 132 valence electrons. The summed E-state index contributed by atoms with van der Waals surface area (Å²) < 4.78 is 14.9. The molecule has 0 atom stereocenters. The Morgan fingerprint density at radius 2 is 1.96 bits per heavy atom. The molecule has 0 heterocycles.